The molecule has 1 saturated heterocycles. The number of rotatable bonds is 7. The van der Waals surface area contributed by atoms with Crippen molar-refractivity contribution in [3.05, 3.63) is 28.8 Å². The molecule has 0 bridgehead atoms. The molecule has 1 heterocycles. The number of likely N-dealkylation sites (tertiary alicyclic amines) is 1. The number of hydrogen-bond donors (Lipinski definition) is 2. The van der Waals surface area contributed by atoms with E-state index in [0.29, 0.717) is 24.6 Å². The molecule has 1 aliphatic heterocycles. The van der Waals surface area contributed by atoms with Crippen LogP contribution in [0.2, 0.25) is 5.02 Å². The molecule has 1 aliphatic rings. The molecule has 1 aromatic carbocycles. The topological polar surface area (TPSA) is 69.6 Å². The van der Waals surface area contributed by atoms with Gasteiger partial charge in [-0.05, 0) is 56.0 Å². The molecular formula is C21H28ClF3N2O3. The Kier molecular flexibility index (Phi) is 8.16. The fourth-order valence-corrected chi connectivity index (χ4v) is 3.80. The number of carboxylic acids is 1. The average Bonchev–Trinajstić information content (AvgIpc) is 2.65. The van der Waals surface area contributed by atoms with E-state index in [9.17, 15) is 22.8 Å². The van der Waals surface area contributed by atoms with Gasteiger partial charge in [-0.15, -0.1) is 0 Å². The van der Waals surface area contributed by atoms with Crippen LogP contribution < -0.4 is 5.32 Å². The summed E-state index contributed by atoms with van der Waals surface area (Å²) in [6.45, 7) is 5.46. The van der Waals surface area contributed by atoms with Crippen molar-refractivity contribution in [3.63, 3.8) is 0 Å². The highest BCUT2D eigenvalue weighted by atomic mass is 35.5. The van der Waals surface area contributed by atoms with Crippen LogP contribution in [0.3, 0.4) is 0 Å². The zero-order valence-electron chi connectivity index (χ0n) is 17.3. The Balaban J connectivity index is 2.25. The molecule has 0 aliphatic carbocycles. The SMILES string of the molecule is CC1CCN(C(C(=O)Nc2cc(CC(C)C(=O)O)ccc2Cl)C(C)C(F)(F)F)CC1. The summed E-state index contributed by atoms with van der Waals surface area (Å²) in [4.78, 5) is 25.6. The van der Waals surface area contributed by atoms with Crippen molar-refractivity contribution in [1.29, 1.82) is 0 Å². The summed E-state index contributed by atoms with van der Waals surface area (Å²) in [5.74, 6) is -3.81. The third-order valence-electron chi connectivity index (χ3n) is 5.72. The lowest BCUT2D eigenvalue weighted by atomic mass is 9.92. The van der Waals surface area contributed by atoms with Crippen LogP contribution in [0.15, 0.2) is 18.2 Å². The van der Waals surface area contributed by atoms with E-state index in [1.165, 1.54) is 12.1 Å². The van der Waals surface area contributed by atoms with Gasteiger partial charge < -0.3 is 10.4 Å². The standard InChI is InChI=1S/C21H28ClF3N2O3/c1-12-6-8-27(9-7-12)18(14(3)21(23,24)25)19(28)26-17-11-15(4-5-16(17)22)10-13(2)20(29)30/h4-5,11-14,18H,6-10H2,1-3H3,(H,26,28)(H,29,30). The van der Waals surface area contributed by atoms with Gasteiger partial charge in [0.2, 0.25) is 5.91 Å². The van der Waals surface area contributed by atoms with Gasteiger partial charge in [-0.1, -0.05) is 38.4 Å². The number of nitrogens with one attached hydrogen (secondary N) is 1. The predicted molar refractivity (Wildman–Crippen MR) is 110 cm³/mol. The quantitative estimate of drug-likeness (QED) is 0.626. The van der Waals surface area contributed by atoms with Crippen molar-refractivity contribution in [1.82, 2.24) is 4.90 Å². The first-order valence-corrected chi connectivity index (χ1v) is 10.4. The Morgan fingerprint density at radius 1 is 1.27 bits per heavy atom. The molecule has 9 heteroatoms. The lowest BCUT2D eigenvalue weighted by molar-refractivity contribution is -0.189. The van der Waals surface area contributed by atoms with Crippen molar-refractivity contribution < 1.29 is 27.9 Å². The lowest BCUT2D eigenvalue weighted by Gasteiger charge is -2.39. The van der Waals surface area contributed by atoms with E-state index in [1.807, 2.05) is 6.92 Å². The second kappa shape index (κ2) is 10.0. The molecule has 3 atom stereocenters. The van der Waals surface area contributed by atoms with Crippen LogP contribution in [0.5, 0.6) is 0 Å². The maximum atomic E-state index is 13.5. The summed E-state index contributed by atoms with van der Waals surface area (Å²) < 4.78 is 40.5. The van der Waals surface area contributed by atoms with Crippen LogP contribution in [0.4, 0.5) is 18.9 Å². The number of anilines is 1. The van der Waals surface area contributed by atoms with E-state index in [0.717, 1.165) is 19.8 Å². The molecule has 0 aromatic heterocycles. The summed E-state index contributed by atoms with van der Waals surface area (Å²) in [5, 5.41) is 11.8. The molecule has 168 valence electrons. The van der Waals surface area contributed by atoms with Crippen LogP contribution in [0.25, 0.3) is 0 Å². The Labute approximate surface area is 179 Å². The average molecular weight is 449 g/mol. The van der Waals surface area contributed by atoms with Gasteiger partial charge in [0.1, 0.15) is 6.04 Å². The molecule has 2 N–H and O–H groups in total. The summed E-state index contributed by atoms with van der Waals surface area (Å²) in [6.07, 6.45) is -2.84. The predicted octanol–water partition coefficient (Wildman–Crippen LogP) is 4.84. The number of amides is 1. The molecular weight excluding hydrogens is 421 g/mol. The number of alkyl halides is 3. The Bertz CT molecular complexity index is 764. The maximum Gasteiger partial charge on any atom is 0.393 e. The molecule has 0 spiro atoms. The van der Waals surface area contributed by atoms with Crippen LogP contribution >= 0.6 is 11.6 Å². The third-order valence-corrected chi connectivity index (χ3v) is 6.05. The molecule has 5 nitrogen and oxygen atoms in total. The lowest BCUT2D eigenvalue weighted by Crippen LogP contribution is -2.54. The van der Waals surface area contributed by atoms with Crippen LogP contribution in [0.1, 0.15) is 39.2 Å². The highest BCUT2D eigenvalue weighted by Crippen LogP contribution is 2.34. The van der Waals surface area contributed by atoms with Crippen molar-refractivity contribution in [3.8, 4) is 0 Å². The number of halogens is 4. The van der Waals surface area contributed by atoms with E-state index in [-0.39, 0.29) is 17.1 Å². The van der Waals surface area contributed by atoms with Gasteiger partial charge in [-0.25, -0.2) is 0 Å². The van der Waals surface area contributed by atoms with E-state index >= 15 is 0 Å². The largest absolute Gasteiger partial charge is 0.481 e. The summed E-state index contributed by atoms with van der Waals surface area (Å²) in [5.41, 5.74) is 0.804. The van der Waals surface area contributed by atoms with Crippen molar-refractivity contribution >= 4 is 29.2 Å². The first kappa shape index (κ1) is 24.5. The van der Waals surface area contributed by atoms with Crippen LogP contribution in [-0.4, -0.2) is 47.2 Å². The minimum absolute atomic E-state index is 0.181. The summed E-state index contributed by atoms with van der Waals surface area (Å²) >= 11 is 6.15. The Morgan fingerprint density at radius 2 is 1.87 bits per heavy atom. The summed E-state index contributed by atoms with van der Waals surface area (Å²) in [7, 11) is 0. The molecule has 0 saturated carbocycles. The van der Waals surface area contributed by atoms with Gasteiger partial charge in [0.25, 0.3) is 0 Å². The van der Waals surface area contributed by atoms with Gasteiger partial charge >= 0.3 is 12.1 Å². The number of carboxylic acid groups (broad SMARTS) is 1. The smallest absolute Gasteiger partial charge is 0.393 e. The minimum atomic E-state index is -4.52. The zero-order chi connectivity index (χ0) is 22.6. The first-order valence-electron chi connectivity index (χ1n) is 10.0. The third kappa shape index (κ3) is 6.35. The fourth-order valence-electron chi connectivity index (χ4n) is 3.64. The number of carbonyl (C=O) groups is 2. The highest BCUT2D eigenvalue weighted by molar-refractivity contribution is 6.33. The second-order valence-electron chi connectivity index (χ2n) is 8.24. The summed E-state index contributed by atoms with van der Waals surface area (Å²) in [6, 6.07) is 3.30. The van der Waals surface area contributed by atoms with Gasteiger partial charge in [0, 0.05) is 0 Å². The van der Waals surface area contributed by atoms with Crippen LogP contribution in [-0.2, 0) is 16.0 Å². The van der Waals surface area contributed by atoms with Crippen molar-refractivity contribution in [2.24, 2.45) is 17.8 Å². The number of carbonyl (C=O) groups excluding carboxylic acids is 1. The van der Waals surface area contributed by atoms with E-state index in [2.05, 4.69) is 5.32 Å². The van der Waals surface area contributed by atoms with Crippen LogP contribution in [0, 0.1) is 17.8 Å². The number of hydrogen-bond acceptors (Lipinski definition) is 3. The Morgan fingerprint density at radius 3 is 2.40 bits per heavy atom. The van der Waals surface area contributed by atoms with E-state index in [1.54, 1.807) is 17.9 Å². The number of aliphatic carboxylic acids is 1. The van der Waals surface area contributed by atoms with Gasteiger partial charge in [0.05, 0.1) is 22.5 Å². The first-order chi connectivity index (χ1) is 13.9. The minimum Gasteiger partial charge on any atom is -0.481 e. The Hall–Kier alpha value is -1.80. The molecule has 1 amide bonds. The normalized spacial score (nSPS) is 19.2. The maximum absolute atomic E-state index is 13.5. The fraction of sp³-hybridized carbons (Fsp3) is 0.619. The monoisotopic (exact) mass is 448 g/mol. The zero-order valence-corrected chi connectivity index (χ0v) is 18.1. The van der Waals surface area contributed by atoms with Gasteiger partial charge in [0.15, 0.2) is 0 Å². The van der Waals surface area contributed by atoms with Gasteiger partial charge in [-0.2, -0.15) is 13.2 Å². The van der Waals surface area contributed by atoms with Crippen molar-refractivity contribution in [2.75, 3.05) is 18.4 Å². The van der Waals surface area contributed by atoms with E-state index in [4.69, 9.17) is 16.7 Å². The second-order valence-corrected chi connectivity index (χ2v) is 8.65. The van der Waals surface area contributed by atoms with Gasteiger partial charge in [-0.3, -0.25) is 14.5 Å². The molecule has 0 radical (unpaired) electrons. The number of nitrogens with zero attached hydrogens (tertiary/aromatic N) is 1. The number of benzene rings is 1. The number of piperidine rings is 1. The molecule has 1 aromatic rings. The highest BCUT2D eigenvalue weighted by Gasteiger charge is 2.47. The molecule has 2 rings (SSSR count). The molecule has 30 heavy (non-hydrogen) atoms. The van der Waals surface area contributed by atoms with E-state index < -0.39 is 35.9 Å². The molecule has 1 fully saturated rings. The molecule has 3 unspecified atom stereocenters. The van der Waals surface area contributed by atoms with Crippen molar-refractivity contribution in [2.45, 2.75) is 52.3 Å².